The number of benzene rings is 2. The number of aromatic amines is 1. The molecule has 4 rings (SSSR count). The van der Waals surface area contributed by atoms with E-state index in [1.54, 1.807) is 26.0 Å². The third-order valence-electron chi connectivity index (χ3n) is 8.20. The Kier molecular flexibility index (Phi) is 14.0. The number of hydrogen-bond donors (Lipinski definition) is 1. The van der Waals surface area contributed by atoms with Crippen LogP contribution in [0.4, 0.5) is 10.5 Å². The van der Waals surface area contributed by atoms with Gasteiger partial charge in [-0.15, -0.1) is 0 Å². The van der Waals surface area contributed by atoms with Crippen molar-refractivity contribution in [2.24, 2.45) is 0 Å². The first-order valence-electron chi connectivity index (χ1n) is 16.7. The fourth-order valence-electron chi connectivity index (χ4n) is 5.74. The standard InChI is InChI=1S/C35H44N5O10P/c1-22(2)39(23(3)4)51(48-16-10-15-36)50-30-18-32(38-19-24(5)33(41)37-34(38)42)49-31(30)21-47-35(43)46-20-25(6)28-17-27(13-14-29(28)40(44)45)26-11-8-7-9-12-26/h7-9,11-14,17,19,22-23,25,30-32H,10,16,18,20-21H2,1-6H3,(H,37,41,42)/t25?,30-,31+,32+,51?/m0/s1. The van der Waals surface area contributed by atoms with Gasteiger partial charge < -0.3 is 23.3 Å². The maximum Gasteiger partial charge on any atom is 0.508 e. The van der Waals surface area contributed by atoms with Gasteiger partial charge in [0.25, 0.3) is 19.8 Å². The number of nitrogens with zero attached hydrogens (tertiary/aromatic N) is 4. The van der Waals surface area contributed by atoms with E-state index in [0.717, 1.165) is 11.1 Å². The molecule has 51 heavy (non-hydrogen) atoms. The predicted molar refractivity (Wildman–Crippen MR) is 189 cm³/mol. The van der Waals surface area contributed by atoms with Crippen molar-refractivity contribution >= 4 is 20.4 Å². The number of aromatic nitrogens is 2. The molecule has 2 unspecified atom stereocenters. The molecule has 0 amide bonds. The van der Waals surface area contributed by atoms with Gasteiger partial charge >= 0.3 is 11.8 Å². The molecule has 1 aliphatic heterocycles. The van der Waals surface area contributed by atoms with E-state index in [1.807, 2.05) is 62.7 Å². The van der Waals surface area contributed by atoms with Crippen LogP contribution in [0.2, 0.25) is 0 Å². The number of nitrogens with one attached hydrogen (secondary N) is 1. The number of hydrogen-bond acceptors (Lipinski definition) is 12. The normalized spacial score (nSPS) is 18.5. The van der Waals surface area contributed by atoms with Crippen LogP contribution >= 0.6 is 8.53 Å². The van der Waals surface area contributed by atoms with Gasteiger partial charge in [-0.25, -0.2) is 14.3 Å². The molecule has 1 fully saturated rings. The summed E-state index contributed by atoms with van der Waals surface area (Å²) in [5.41, 5.74) is 1.08. The molecule has 274 valence electrons. The van der Waals surface area contributed by atoms with Crippen LogP contribution in [0.15, 0.2) is 64.3 Å². The van der Waals surface area contributed by atoms with Gasteiger partial charge in [0.05, 0.1) is 30.1 Å². The average molecular weight is 726 g/mol. The SMILES string of the molecule is Cc1cn([C@H]2C[C@H](OP(OCCC#N)N(C(C)C)C(C)C)[C@@H](COC(=O)OCC(C)c3cc(-c4ccccc4)ccc3[N+](=O)[O-])O2)c(=O)[nH]c1=O. The van der Waals surface area contributed by atoms with Crippen LogP contribution < -0.4 is 11.2 Å². The molecule has 15 nitrogen and oxygen atoms in total. The third kappa shape index (κ3) is 10.3. The van der Waals surface area contributed by atoms with Crippen LogP contribution in [0.1, 0.15) is 70.7 Å². The number of rotatable bonds is 16. The van der Waals surface area contributed by atoms with Crippen molar-refractivity contribution in [1.29, 1.82) is 5.26 Å². The van der Waals surface area contributed by atoms with Gasteiger partial charge in [-0.1, -0.05) is 37.3 Å². The van der Waals surface area contributed by atoms with Crippen LogP contribution in [0.3, 0.4) is 0 Å². The van der Waals surface area contributed by atoms with Gasteiger partial charge in [0.1, 0.15) is 25.5 Å². The molecule has 3 aromatic rings. The second kappa shape index (κ2) is 18.2. The molecule has 2 heterocycles. The predicted octanol–water partition coefficient (Wildman–Crippen LogP) is 6.33. The van der Waals surface area contributed by atoms with Crippen LogP contribution in [-0.2, 0) is 23.3 Å². The summed E-state index contributed by atoms with van der Waals surface area (Å²) in [7, 11) is -1.72. The second-order valence-corrected chi connectivity index (χ2v) is 14.1. The summed E-state index contributed by atoms with van der Waals surface area (Å²) in [4.78, 5) is 51.3. The first-order valence-corrected chi connectivity index (χ1v) is 17.8. The van der Waals surface area contributed by atoms with Crippen molar-refractivity contribution in [3.05, 3.63) is 96.8 Å². The zero-order valence-corrected chi connectivity index (χ0v) is 30.4. The molecule has 0 aliphatic carbocycles. The lowest BCUT2D eigenvalue weighted by Gasteiger charge is -2.37. The van der Waals surface area contributed by atoms with Crippen molar-refractivity contribution in [3.8, 4) is 17.2 Å². The summed E-state index contributed by atoms with van der Waals surface area (Å²) in [6, 6.07) is 16.3. The van der Waals surface area contributed by atoms with Crippen molar-refractivity contribution in [1.82, 2.24) is 14.2 Å². The molecule has 1 saturated heterocycles. The fraction of sp³-hybridized carbons (Fsp3) is 0.486. The lowest BCUT2D eigenvalue weighted by atomic mass is 9.95. The first-order chi connectivity index (χ1) is 24.3. The number of nitriles is 1. The summed E-state index contributed by atoms with van der Waals surface area (Å²) < 4.78 is 33.0. The van der Waals surface area contributed by atoms with Crippen molar-refractivity contribution < 1.29 is 33.0 Å². The molecule has 2 aromatic carbocycles. The van der Waals surface area contributed by atoms with E-state index in [0.29, 0.717) is 11.1 Å². The maximum absolute atomic E-state index is 12.9. The molecule has 0 radical (unpaired) electrons. The number of nitro groups is 1. The van der Waals surface area contributed by atoms with Gasteiger partial charge in [0.2, 0.25) is 0 Å². The Bertz CT molecular complexity index is 1800. The molecular weight excluding hydrogens is 681 g/mol. The van der Waals surface area contributed by atoms with E-state index in [4.69, 9.17) is 28.5 Å². The van der Waals surface area contributed by atoms with Crippen LogP contribution in [0.5, 0.6) is 0 Å². The smallest absolute Gasteiger partial charge is 0.434 e. The molecule has 1 aromatic heterocycles. The van der Waals surface area contributed by atoms with E-state index in [-0.39, 0.29) is 50.4 Å². The quantitative estimate of drug-likeness (QED) is 0.0569. The largest absolute Gasteiger partial charge is 0.508 e. The van der Waals surface area contributed by atoms with Gasteiger partial charge in [0.15, 0.2) is 0 Å². The highest BCUT2D eigenvalue weighted by Gasteiger charge is 2.42. The summed E-state index contributed by atoms with van der Waals surface area (Å²) in [6.45, 7) is 10.9. The minimum atomic E-state index is -1.72. The van der Waals surface area contributed by atoms with Crippen LogP contribution in [-0.4, -0.2) is 69.4 Å². The van der Waals surface area contributed by atoms with Crippen LogP contribution in [0.25, 0.3) is 11.1 Å². The summed E-state index contributed by atoms with van der Waals surface area (Å²) in [5, 5.41) is 20.9. The number of nitro benzene ring substituents is 1. The lowest BCUT2D eigenvalue weighted by Crippen LogP contribution is -2.37. The number of H-pyrrole nitrogens is 1. The Hall–Kier alpha value is -4.45. The molecule has 1 N–H and O–H groups in total. The minimum absolute atomic E-state index is 0.0108. The van der Waals surface area contributed by atoms with Gasteiger partial charge in [-0.3, -0.25) is 24.5 Å². The van der Waals surface area contributed by atoms with E-state index < -0.39 is 55.2 Å². The van der Waals surface area contributed by atoms with Crippen LogP contribution in [0, 0.1) is 28.4 Å². The lowest BCUT2D eigenvalue weighted by molar-refractivity contribution is -0.385. The third-order valence-corrected chi connectivity index (χ3v) is 10.4. The molecule has 0 saturated carbocycles. The highest BCUT2D eigenvalue weighted by Crippen LogP contribution is 2.50. The zero-order chi connectivity index (χ0) is 37.2. The van der Waals surface area contributed by atoms with E-state index >= 15 is 0 Å². The topological polar surface area (TPSA) is 188 Å². The van der Waals surface area contributed by atoms with E-state index in [2.05, 4.69) is 11.1 Å². The van der Waals surface area contributed by atoms with Crippen molar-refractivity contribution in [3.63, 3.8) is 0 Å². The Balaban J connectivity index is 1.50. The summed E-state index contributed by atoms with van der Waals surface area (Å²) in [6.07, 6.45) is -1.82. The molecule has 0 spiro atoms. The average Bonchev–Trinajstić information content (AvgIpc) is 3.49. The van der Waals surface area contributed by atoms with E-state index in [9.17, 15) is 24.5 Å². The number of carbonyl (C=O) groups excluding carboxylic acids is 1. The Morgan fingerprint density at radius 1 is 1.12 bits per heavy atom. The Morgan fingerprint density at radius 3 is 2.47 bits per heavy atom. The van der Waals surface area contributed by atoms with Gasteiger partial charge in [0, 0.05) is 47.8 Å². The Morgan fingerprint density at radius 2 is 1.82 bits per heavy atom. The molecule has 1 aliphatic rings. The number of carbonyl (C=O) groups is 1. The second-order valence-electron chi connectivity index (χ2n) is 12.7. The van der Waals surface area contributed by atoms with Crippen molar-refractivity contribution in [2.45, 2.75) is 90.8 Å². The highest BCUT2D eigenvalue weighted by molar-refractivity contribution is 7.44. The fourth-order valence-corrected chi connectivity index (χ4v) is 7.50. The van der Waals surface area contributed by atoms with Gasteiger partial charge in [-0.05, 0) is 57.9 Å². The Labute approximate surface area is 297 Å². The maximum atomic E-state index is 12.9. The minimum Gasteiger partial charge on any atom is -0.434 e. The molecule has 16 heteroatoms. The van der Waals surface area contributed by atoms with E-state index in [1.165, 1.54) is 16.8 Å². The first kappa shape index (κ1) is 39.3. The van der Waals surface area contributed by atoms with Crippen molar-refractivity contribution in [2.75, 3.05) is 19.8 Å². The number of ether oxygens (including phenoxy) is 3. The highest BCUT2D eigenvalue weighted by atomic mass is 31.2. The number of aryl methyl sites for hydroxylation is 1. The monoisotopic (exact) mass is 725 g/mol. The molecule has 0 bridgehead atoms. The summed E-state index contributed by atoms with van der Waals surface area (Å²) in [5.74, 6) is -0.549. The molecular formula is C35H44N5O10P. The summed E-state index contributed by atoms with van der Waals surface area (Å²) >= 11 is 0. The van der Waals surface area contributed by atoms with Gasteiger partial charge in [-0.2, -0.15) is 5.26 Å². The molecule has 5 atom stereocenters. The zero-order valence-electron chi connectivity index (χ0n) is 29.5.